The number of imidazole rings is 1. The van der Waals surface area contributed by atoms with Crippen molar-refractivity contribution in [3.8, 4) is 22.6 Å². The highest BCUT2D eigenvalue weighted by atomic mass is 16.6. The van der Waals surface area contributed by atoms with Crippen LogP contribution in [0.25, 0.3) is 44.6 Å². The number of amides is 1. The zero-order valence-corrected chi connectivity index (χ0v) is 24.7. The van der Waals surface area contributed by atoms with Crippen molar-refractivity contribution < 1.29 is 9.53 Å². The van der Waals surface area contributed by atoms with Gasteiger partial charge in [-0.15, -0.1) is 0 Å². The zero-order valence-electron chi connectivity index (χ0n) is 24.7. The van der Waals surface area contributed by atoms with Crippen molar-refractivity contribution in [1.29, 1.82) is 0 Å². The van der Waals surface area contributed by atoms with Crippen LogP contribution in [-0.2, 0) is 4.74 Å². The van der Waals surface area contributed by atoms with Gasteiger partial charge in [0, 0.05) is 41.3 Å². The van der Waals surface area contributed by atoms with Crippen molar-refractivity contribution in [2.45, 2.75) is 64.5 Å². The van der Waals surface area contributed by atoms with E-state index < -0.39 is 11.7 Å². The van der Waals surface area contributed by atoms with Crippen molar-refractivity contribution in [3.05, 3.63) is 78.9 Å². The Morgan fingerprint density at radius 3 is 2.40 bits per heavy atom. The molecule has 1 saturated carbocycles. The Morgan fingerprint density at radius 2 is 1.62 bits per heavy atom. The smallest absolute Gasteiger partial charge is 0.407 e. The van der Waals surface area contributed by atoms with Crippen molar-refractivity contribution >= 4 is 33.7 Å². The molecule has 0 spiro atoms. The van der Waals surface area contributed by atoms with Gasteiger partial charge in [0.15, 0.2) is 0 Å². The summed E-state index contributed by atoms with van der Waals surface area (Å²) in [5.74, 6) is 1.01. The molecule has 0 bridgehead atoms. The lowest BCUT2D eigenvalue weighted by molar-refractivity contribution is 0.0530. The Bertz CT molecular complexity index is 1700. The van der Waals surface area contributed by atoms with Gasteiger partial charge in [0.1, 0.15) is 11.4 Å². The number of nitrogens with zero attached hydrogens (tertiary/aromatic N) is 3. The third-order valence-electron chi connectivity index (χ3n) is 7.78. The number of alkyl carbamates (subject to hydrolysis) is 1. The van der Waals surface area contributed by atoms with E-state index in [1.54, 1.807) is 0 Å². The molecule has 0 saturated heterocycles. The van der Waals surface area contributed by atoms with E-state index in [-0.39, 0.29) is 0 Å². The van der Waals surface area contributed by atoms with Gasteiger partial charge in [0.05, 0.1) is 22.2 Å². The summed E-state index contributed by atoms with van der Waals surface area (Å²) >= 11 is 0. The lowest BCUT2D eigenvalue weighted by atomic mass is 9.94. The number of fused-ring (bicyclic) bond motifs is 2. The van der Waals surface area contributed by atoms with Gasteiger partial charge < -0.3 is 19.9 Å². The minimum absolute atomic E-state index is 0.419. The van der Waals surface area contributed by atoms with E-state index in [2.05, 4.69) is 75.9 Å². The highest BCUT2D eigenvalue weighted by molar-refractivity contribution is 5.96. The van der Waals surface area contributed by atoms with Crippen molar-refractivity contribution in [2.75, 3.05) is 18.4 Å². The molecule has 0 atom stereocenters. The second-order valence-corrected chi connectivity index (χ2v) is 12.1. The maximum absolute atomic E-state index is 12.2. The van der Waals surface area contributed by atoms with Gasteiger partial charge in [-0.05, 0) is 70.0 Å². The maximum atomic E-state index is 12.2. The third-order valence-corrected chi connectivity index (χ3v) is 7.78. The van der Waals surface area contributed by atoms with Crippen LogP contribution in [-0.4, -0.2) is 39.3 Å². The van der Waals surface area contributed by atoms with Crippen LogP contribution in [0.15, 0.2) is 78.9 Å². The van der Waals surface area contributed by atoms with E-state index in [1.165, 1.54) is 37.6 Å². The monoisotopic (exact) mass is 561 g/mol. The van der Waals surface area contributed by atoms with Gasteiger partial charge >= 0.3 is 6.09 Å². The summed E-state index contributed by atoms with van der Waals surface area (Å²) in [6.07, 6.45) is 5.76. The first kappa shape index (κ1) is 27.8. The molecule has 1 amide bonds. The Labute approximate surface area is 247 Å². The summed E-state index contributed by atoms with van der Waals surface area (Å²) in [6, 6.07) is 27.7. The average Bonchev–Trinajstić information content (AvgIpc) is 3.38. The first-order chi connectivity index (χ1) is 20.4. The highest BCUT2D eigenvalue weighted by Gasteiger charge is 2.23. The topological polar surface area (TPSA) is 81.1 Å². The zero-order chi connectivity index (χ0) is 29.1. The number of carbonyl (C=O) groups is 1. The predicted molar refractivity (Wildman–Crippen MR) is 171 cm³/mol. The molecule has 5 aromatic rings. The fourth-order valence-electron chi connectivity index (χ4n) is 5.90. The van der Waals surface area contributed by atoms with Crippen molar-refractivity contribution in [1.82, 2.24) is 19.9 Å². The second kappa shape index (κ2) is 11.8. The quantitative estimate of drug-likeness (QED) is 0.195. The molecular weight excluding hydrogens is 522 g/mol. The van der Waals surface area contributed by atoms with Crippen molar-refractivity contribution in [2.24, 2.45) is 0 Å². The summed E-state index contributed by atoms with van der Waals surface area (Å²) in [5, 5.41) is 7.43. The van der Waals surface area contributed by atoms with Crippen LogP contribution >= 0.6 is 0 Å². The van der Waals surface area contributed by atoms with Gasteiger partial charge in [0.25, 0.3) is 0 Å². The Morgan fingerprint density at radius 1 is 0.857 bits per heavy atom. The molecule has 0 unspecified atom stereocenters. The first-order valence-corrected chi connectivity index (χ1v) is 15.0. The molecule has 1 aliphatic rings. The van der Waals surface area contributed by atoms with E-state index in [9.17, 15) is 4.79 Å². The number of anilines is 1. The molecule has 6 rings (SSSR count). The first-order valence-electron chi connectivity index (χ1n) is 15.0. The number of hydrogen-bond donors (Lipinski definition) is 2. The van der Waals surface area contributed by atoms with Gasteiger partial charge in [-0.1, -0.05) is 61.7 Å². The Hall–Kier alpha value is -4.39. The Kier molecular flexibility index (Phi) is 7.83. The molecule has 42 heavy (non-hydrogen) atoms. The fourth-order valence-corrected chi connectivity index (χ4v) is 5.90. The molecule has 0 aliphatic heterocycles. The molecule has 2 heterocycles. The Balaban J connectivity index is 1.37. The standard InChI is InChI=1S/C35H39N5O2/c1-35(2,3)42-34(41)37-21-20-36-31-23-30(24-12-6-4-7-13-24)38-28-19-18-25(22-27(28)31)33-39-29-16-10-11-17-32(29)40(33)26-14-8-5-9-15-26/h4,6-7,10-13,16-19,22-23,26H,5,8-9,14-15,20-21H2,1-3H3,(H,36,38)(H,37,41). The fraction of sp³-hybridized carbons (Fsp3) is 0.343. The number of aromatic nitrogens is 3. The summed E-state index contributed by atoms with van der Waals surface area (Å²) in [6.45, 7) is 6.55. The molecule has 2 aromatic heterocycles. The number of hydrogen-bond acceptors (Lipinski definition) is 5. The van der Waals surface area contributed by atoms with E-state index in [0.29, 0.717) is 19.1 Å². The van der Waals surface area contributed by atoms with Gasteiger partial charge in [0.2, 0.25) is 0 Å². The molecule has 1 aliphatic carbocycles. The summed E-state index contributed by atoms with van der Waals surface area (Å²) < 4.78 is 7.86. The molecule has 1 fully saturated rings. The molecule has 216 valence electrons. The van der Waals surface area contributed by atoms with E-state index in [1.807, 2.05) is 39.0 Å². The van der Waals surface area contributed by atoms with E-state index in [4.69, 9.17) is 14.7 Å². The average molecular weight is 562 g/mol. The maximum Gasteiger partial charge on any atom is 0.407 e. The van der Waals surface area contributed by atoms with E-state index >= 15 is 0 Å². The van der Waals surface area contributed by atoms with Crippen LogP contribution in [0.5, 0.6) is 0 Å². The van der Waals surface area contributed by atoms with Crippen LogP contribution in [0.3, 0.4) is 0 Å². The summed E-state index contributed by atoms with van der Waals surface area (Å²) in [7, 11) is 0. The minimum Gasteiger partial charge on any atom is -0.444 e. The molecule has 0 radical (unpaired) electrons. The second-order valence-electron chi connectivity index (χ2n) is 12.1. The number of ether oxygens (including phenoxy) is 1. The van der Waals surface area contributed by atoms with Crippen LogP contribution in [0.2, 0.25) is 0 Å². The predicted octanol–water partition coefficient (Wildman–Crippen LogP) is 8.36. The van der Waals surface area contributed by atoms with E-state index in [0.717, 1.165) is 44.8 Å². The number of pyridine rings is 1. The lowest BCUT2D eigenvalue weighted by Gasteiger charge is -2.25. The number of benzene rings is 3. The largest absolute Gasteiger partial charge is 0.444 e. The van der Waals surface area contributed by atoms with Gasteiger partial charge in [-0.25, -0.2) is 14.8 Å². The molecule has 3 aromatic carbocycles. The summed E-state index contributed by atoms with van der Waals surface area (Å²) in [4.78, 5) is 22.4. The van der Waals surface area contributed by atoms with Crippen molar-refractivity contribution in [3.63, 3.8) is 0 Å². The molecular formula is C35H39N5O2. The third kappa shape index (κ3) is 6.10. The van der Waals surface area contributed by atoms with Crippen LogP contribution in [0.4, 0.5) is 10.5 Å². The van der Waals surface area contributed by atoms with Gasteiger partial charge in [-0.3, -0.25) is 0 Å². The summed E-state index contributed by atoms with van der Waals surface area (Å²) in [5.41, 5.74) is 6.59. The molecule has 7 heteroatoms. The molecule has 7 nitrogen and oxygen atoms in total. The number of carbonyl (C=O) groups excluding carboxylic acids is 1. The van der Waals surface area contributed by atoms with Gasteiger partial charge in [-0.2, -0.15) is 0 Å². The van der Waals surface area contributed by atoms with Crippen LogP contribution in [0, 0.1) is 0 Å². The van der Waals surface area contributed by atoms with Crippen LogP contribution < -0.4 is 10.6 Å². The van der Waals surface area contributed by atoms with Crippen LogP contribution in [0.1, 0.15) is 58.9 Å². The highest BCUT2D eigenvalue weighted by Crippen LogP contribution is 2.38. The normalized spacial score (nSPS) is 14.3. The number of para-hydroxylation sites is 2. The SMILES string of the molecule is CC(C)(C)OC(=O)NCCNc1cc(-c2ccccc2)nc2ccc(-c3nc4ccccc4n3C3CCCCC3)cc12. The minimum atomic E-state index is -0.534. The number of rotatable bonds is 7. The molecule has 2 N–H and O–H groups in total. The lowest BCUT2D eigenvalue weighted by Crippen LogP contribution is -2.35. The number of nitrogens with one attached hydrogen (secondary N) is 2.